The van der Waals surface area contributed by atoms with Crippen LogP contribution in [0, 0.1) is 11.8 Å². The van der Waals surface area contributed by atoms with Crippen LogP contribution in [-0.2, 0) is 6.54 Å². The van der Waals surface area contributed by atoms with Gasteiger partial charge in [0.1, 0.15) is 5.75 Å². The van der Waals surface area contributed by atoms with Crippen LogP contribution in [0.1, 0.15) is 18.9 Å². The average molecular weight is 260 g/mol. The van der Waals surface area contributed by atoms with Crippen molar-refractivity contribution in [3.05, 3.63) is 29.8 Å². The summed E-state index contributed by atoms with van der Waals surface area (Å²) < 4.78 is 5.71. The molecule has 1 N–H and O–H groups in total. The SMILES string of the molecule is CCCOc1cccc(CN2CC3CNCC3C2)c1. The van der Waals surface area contributed by atoms with Crippen molar-refractivity contribution in [3.63, 3.8) is 0 Å². The fourth-order valence-corrected chi connectivity index (χ4v) is 3.29. The van der Waals surface area contributed by atoms with Crippen molar-refractivity contribution in [1.29, 1.82) is 0 Å². The van der Waals surface area contributed by atoms with E-state index in [2.05, 4.69) is 41.4 Å². The second-order valence-electron chi connectivity index (χ2n) is 5.87. The van der Waals surface area contributed by atoms with Crippen LogP contribution in [-0.4, -0.2) is 37.7 Å². The van der Waals surface area contributed by atoms with E-state index in [4.69, 9.17) is 4.74 Å². The average Bonchev–Trinajstić information content (AvgIpc) is 2.97. The smallest absolute Gasteiger partial charge is 0.119 e. The highest BCUT2D eigenvalue weighted by molar-refractivity contribution is 5.28. The van der Waals surface area contributed by atoms with Gasteiger partial charge in [0.05, 0.1) is 6.61 Å². The Bertz CT molecular complexity index is 409. The van der Waals surface area contributed by atoms with E-state index in [1.54, 1.807) is 0 Å². The zero-order valence-corrected chi connectivity index (χ0v) is 11.8. The molecule has 0 radical (unpaired) electrons. The second-order valence-corrected chi connectivity index (χ2v) is 5.87. The van der Waals surface area contributed by atoms with Crippen LogP contribution in [0.25, 0.3) is 0 Å². The van der Waals surface area contributed by atoms with E-state index in [9.17, 15) is 0 Å². The molecule has 3 nitrogen and oxygen atoms in total. The Morgan fingerprint density at radius 3 is 2.79 bits per heavy atom. The first-order chi connectivity index (χ1) is 9.35. The number of rotatable bonds is 5. The number of hydrogen-bond acceptors (Lipinski definition) is 3. The molecule has 3 heteroatoms. The summed E-state index contributed by atoms with van der Waals surface area (Å²) in [6.45, 7) is 8.93. The van der Waals surface area contributed by atoms with Crippen LogP contribution >= 0.6 is 0 Å². The Kier molecular flexibility index (Phi) is 4.04. The molecule has 2 heterocycles. The van der Waals surface area contributed by atoms with Gasteiger partial charge >= 0.3 is 0 Å². The van der Waals surface area contributed by atoms with Crippen LogP contribution in [0.15, 0.2) is 24.3 Å². The van der Waals surface area contributed by atoms with E-state index in [1.807, 2.05) is 0 Å². The van der Waals surface area contributed by atoms with E-state index in [-0.39, 0.29) is 0 Å². The van der Waals surface area contributed by atoms with Gasteiger partial charge in [-0.25, -0.2) is 0 Å². The number of nitrogens with zero attached hydrogens (tertiary/aromatic N) is 1. The molecule has 2 aliphatic rings. The van der Waals surface area contributed by atoms with Crippen molar-refractivity contribution in [1.82, 2.24) is 10.2 Å². The highest BCUT2D eigenvalue weighted by Crippen LogP contribution is 2.27. The number of likely N-dealkylation sites (tertiary alicyclic amines) is 1. The van der Waals surface area contributed by atoms with Crippen LogP contribution in [0.2, 0.25) is 0 Å². The quantitative estimate of drug-likeness (QED) is 0.877. The molecule has 0 spiro atoms. The molecule has 0 amide bonds. The summed E-state index contributed by atoms with van der Waals surface area (Å²) in [6.07, 6.45) is 1.06. The molecule has 2 saturated heterocycles. The highest BCUT2D eigenvalue weighted by atomic mass is 16.5. The minimum atomic E-state index is 0.809. The van der Waals surface area contributed by atoms with Crippen LogP contribution < -0.4 is 10.1 Å². The lowest BCUT2D eigenvalue weighted by molar-refractivity contribution is 0.301. The highest BCUT2D eigenvalue weighted by Gasteiger charge is 2.35. The normalized spacial score (nSPS) is 26.6. The standard InChI is InChI=1S/C16H24N2O/c1-2-6-19-16-5-3-4-13(7-16)10-18-11-14-8-17-9-15(14)12-18/h3-5,7,14-15,17H,2,6,8-12H2,1H3. The summed E-state index contributed by atoms with van der Waals surface area (Å²) in [5.41, 5.74) is 1.38. The summed E-state index contributed by atoms with van der Waals surface area (Å²) in [7, 11) is 0. The van der Waals surface area contributed by atoms with Gasteiger partial charge in [0.15, 0.2) is 0 Å². The van der Waals surface area contributed by atoms with Crippen LogP contribution in [0.5, 0.6) is 5.75 Å². The Morgan fingerprint density at radius 1 is 1.26 bits per heavy atom. The van der Waals surface area contributed by atoms with Crippen molar-refractivity contribution in [3.8, 4) is 5.75 Å². The van der Waals surface area contributed by atoms with E-state index < -0.39 is 0 Å². The van der Waals surface area contributed by atoms with E-state index >= 15 is 0 Å². The van der Waals surface area contributed by atoms with Gasteiger partial charge in [-0.2, -0.15) is 0 Å². The van der Waals surface area contributed by atoms with Crippen molar-refractivity contribution in [2.24, 2.45) is 11.8 Å². The number of fused-ring (bicyclic) bond motifs is 1. The molecule has 3 rings (SSSR count). The van der Waals surface area contributed by atoms with Crippen LogP contribution in [0.4, 0.5) is 0 Å². The largest absolute Gasteiger partial charge is 0.494 e. The van der Waals surface area contributed by atoms with Gasteiger partial charge in [-0.15, -0.1) is 0 Å². The third-order valence-electron chi connectivity index (χ3n) is 4.24. The van der Waals surface area contributed by atoms with Gasteiger partial charge in [0.25, 0.3) is 0 Å². The maximum atomic E-state index is 5.71. The van der Waals surface area contributed by atoms with Crippen molar-refractivity contribution < 1.29 is 4.74 Å². The first kappa shape index (κ1) is 12.9. The maximum absolute atomic E-state index is 5.71. The molecule has 0 bridgehead atoms. The number of nitrogens with one attached hydrogen (secondary N) is 1. The topological polar surface area (TPSA) is 24.5 Å². The molecule has 1 aromatic carbocycles. The van der Waals surface area contributed by atoms with Gasteiger partial charge in [-0.3, -0.25) is 4.90 Å². The monoisotopic (exact) mass is 260 g/mol. The number of ether oxygens (including phenoxy) is 1. The number of benzene rings is 1. The molecule has 0 aliphatic carbocycles. The third kappa shape index (κ3) is 3.10. The van der Waals surface area contributed by atoms with E-state index in [0.29, 0.717) is 0 Å². The predicted molar refractivity (Wildman–Crippen MR) is 77.4 cm³/mol. The van der Waals surface area contributed by atoms with Crippen LogP contribution in [0.3, 0.4) is 0 Å². The fraction of sp³-hybridized carbons (Fsp3) is 0.625. The van der Waals surface area contributed by atoms with Gasteiger partial charge in [0.2, 0.25) is 0 Å². The Balaban J connectivity index is 1.57. The van der Waals surface area contributed by atoms with Gasteiger partial charge in [0, 0.05) is 19.6 Å². The zero-order valence-electron chi connectivity index (χ0n) is 11.8. The first-order valence-corrected chi connectivity index (χ1v) is 7.50. The molecular formula is C16H24N2O. The minimum Gasteiger partial charge on any atom is -0.494 e. The van der Waals surface area contributed by atoms with E-state index in [0.717, 1.165) is 37.2 Å². The Hall–Kier alpha value is -1.06. The molecule has 1 aromatic rings. The number of hydrogen-bond donors (Lipinski definition) is 1. The molecule has 0 saturated carbocycles. The lowest BCUT2D eigenvalue weighted by Gasteiger charge is -2.17. The molecule has 2 atom stereocenters. The summed E-state index contributed by atoms with van der Waals surface area (Å²) >= 11 is 0. The van der Waals surface area contributed by atoms with Crippen molar-refractivity contribution >= 4 is 0 Å². The Labute approximate surface area is 115 Å². The molecular weight excluding hydrogens is 236 g/mol. The molecule has 2 aliphatic heterocycles. The Morgan fingerprint density at radius 2 is 2.05 bits per heavy atom. The van der Waals surface area contributed by atoms with Gasteiger partial charge < -0.3 is 10.1 Å². The molecule has 104 valence electrons. The predicted octanol–water partition coefficient (Wildman–Crippen LogP) is 2.13. The summed E-state index contributed by atoms with van der Waals surface area (Å²) in [6, 6.07) is 8.58. The van der Waals surface area contributed by atoms with E-state index in [1.165, 1.54) is 31.7 Å². The van der Waals surface area contributed by atoms with Crippen molar-refractivity contribution in [2.45, 2.75) is 19.9 Å². The van der Waals surface area contributed by atoms with Crippen molar-refractivity contribution in [2.75, 3.05) is 32.8 Å². The third-order valence-corrected chi connectivity index (χ3v) is 4.24. The summed E-state index contributed by atoms with van der Waals surface area (Å²) in [5.74, 6) is 2.76. The maximum Gasteiger partial charge on any atom is 0.119 e. The summed E-state index contributed by atoms with van der Waals surface area (Å²) in [4.78, 5) is 2.59. The lowest BCUT2D eigenvalue weighted by atomic mass is 10.0. The minimum absolute atomic E-state index is 0.809. The molecule has 19 heavy (non-hydrogen) atoms. The summed E-state index contributed by atoms with van der Waals surface area (Å²) in [5, 5.41) is 3.49. The molecule has 0 aromatic heterocycles. The first-order valence-electron chi connectivity index (χ1n) is 7.50. The van der Waals surface area contributed by atoms with Gasteiger partial charge in [-0.1, -0.05) is 19.1 Å². The zero-order chi connectivity index (χ0) is 13.1. The fourth-order valence-electron chi connectivity index (χ4n) is 3.29. The second kappa shape index (κ2) is 5.93. The lowest BCUT2D eigenvalue weighted by Crippen LogP contribution is -2.25. The molecule has 2 unspecified atom stereocenters. The van der Waals surface area contributed by atoms with Gasteiger partial charge in [-0.05, 0) is 49.0 Å². The molecule has 2 fully saturated rings.